The van der Waals surface area contributed by atoms with Gasteiger partial charge in [0.05, 0.1) is 11.7 Å². The largest absolute Gasteiger partial charge is 0.393 e. The third-order valence-electron chi connectivity index (χ3n) is 8.93. The summed E-state index contributed by atoms with van der Waals surface area (Å²) in [6.07, 6.45) is 20.2. The molecule has 5 unspecified atom stereocenters. The minimum Gasteiger partial charge on any atom is -0.393 e. The molecule has 0 aliphatic heterocycles. The van der Waals surface area contributed by atoms with Crippen LogP contribution in [-0.2, 0) is 0 Å². The first kappa shape index (κ1) is 25.2. The SMILES string of the molecule is C=C1/C(=C\C=C2/CCCC3(C)C(C(C)/C=C/CC(O)(CC)CC)=CCC23)CC(O)CC1C. The molecule has 2 N–H and O–H groups in total. The summed E-state index contributed by atoms with van der Waals surface area (Å²) in [6.45, 7) is 15.4. The molecular weight excluding hydrogens is 392 g/mol. The van der Waals surface area contributed by atoms with E-state index in [0.717, 1.165) is 38.5 Å². The Hall–Kier alpha value is -1.38. The van der Waals surface area contributed by atoms with Crippen molar-refractivity contribution in [3.8, 4) is 0 Å². The zero-order valence-corrected chi connectivity index (χ0v) is 21.2. The Labute approximate surface area is 196 Å². The highest BCUT2D eigenvalue weighted by atomic mass is 16.3. The number of aliphatic hydroxyl groups excluding tert-OH is 1. The highest BCUT2D eigenvalue weighted by molar-refractivity contribution is 5.40. The van der Waals surface area contributed by atoms with Crippen molar-refractivity contribution in [2.75, 3.05) is 0 Å². The molecule has 2 heteroatoms. The third-order valence-corrected chi connectivity index (χ3v) is 8.93. The number of fused-ring (bicyclic) bond motifs is 1. The molecule has 3 aliphatic carbocycles. The Morgan fingerprint density at radius 3 is 2.69 bits per heavy atom. The van der Waals surface area contributed by atoms with Crippen LogP contribution in [-0.4, -0.2) is 21.9 Å². The lowest BCUT2D eigenvalue weighted by Gasteiger charge is -2.42. The molecule has 0 bridgehead atoms. The minimum atomic E-state index is -0.560. The first-order chi connectivity index (χ1) is 15.1. The topological polar surface area (TPSA) is 40.5 Å². The van der Waals surface area contributed by atoms with Crippen molar-refractivity contribution in [3.05, 3.63) is 59.3 Å². The van der Waals surface area contributed by atoms with E-state index in [-0.39, 0.29) is 11.5 Å². The number of aliphatic hydroxyl groups is 2. The lowest BCUT2D eigenvalue weighted by atomic mass is 9.62. The van der Waals surface area contributed by atoms with Gasteiger partial charge in [-0.1, -0.05) is 82.7 Å². The molecule has 0 aromatic heterocycles. The van der Waals surface area contributed by atoms with Crippen LogP contribution < -0.4 is 0 Å². The monoisotopic (exact) mass is 438 g/mol. The molecule has 0 heterocycles. The van der Waals surface area contributed by atoms with E-state index in [4.69, 9.17) is 0 Å². The summed E-state index contributed by atoms with van der Waals surface area (Å²) >= 11 is 0. The summed E-state index contributed by atoms with van der Waals surface area (Å²) in [7, 11) is 0. The van der Waals surface area contributed by atoms with E-state index < -0.39 is 5.60 Å². The molecule has 178 valence electrons. The van der Waals surface area contributed by atoms with E-state index in [1.54, 1.807) is 11.1 Å². The van der Waals surface area contributed by atoms with Gasteiger partial charge in [0, 0.05) is 0 Å². The van der Waals surface area contributed by atoms with E-state index in [0.29, 0.717) is 17.8 Å². The Morgan fingerprint density at radius 2 is 2.00 bits per heavy atom. The van der Waals surface area contributed by atoms with Gasteiger partial charge in [0.1, 0.15) is 0 Å². The molecule has 3 aliphatic rings. The summed E-state index contributed by atoms with van der Waals surface area (Å²) in [5.74, 6) is 1.36. The predicted molar refractivity (Wildman–Crippen MR) is 136 cm³/mol. The maximum Gasteiger partial charge on any atom is 0.0676 e. The molecule has 2 saturated carbocycles. The average Bonchev–Trinajstić information content (AvgIpc) is 3.12. The fraction of sp³-hybridized carbons (Fsp3) is 0.667. The zero-order valence-electron chi connectivity index (χ0n) is 21.2. The molecular formula is C30H46O2. The van der Waals surface area contributed by atoms with Crippen molar-refractivity contribution in [1.29, 1.82) is 0 Å². The van der Waals surface area contributed by atoms with Crippen LogP contribution in [0.2, 0.25) is 0 Å². The van der Waals surface area contributed by atoms with Gasteiger partial charge in [0.2, 0.25) is 0 Å². The van der Waals surface area contributed by atoms with E-state index in [9.17, 15) is 10.2 Å². The molecule has 0 aromatic carbocycles. The van der Waals surface area contributed by atoms with Gasteiger partial charge in [-0.3, -0.25) is 0 Å². The molecule has 5 atom stereocenters. The smallest absolute Gasteiger partial charge is 0.0676 e. The van der Waals surface area contributed by atoms with Gasteiger partial charge >= 0.3 is 0 Å². The molecule has 32 heavy (non-hydrogen) atoms. The van der Waals surface area contributed by atoms with Crippen LogP contribution in [0.3, 0.4) is 0 Å². The maximum atomic E-state index is 10.6. The molecule has 2 nitrogen and oxygen atoms in total. The number of hydrogen-bond donors (Lipinski definition) is 2. The number of rotatable bonds is 7. The van der Waals surface area contributed by atoms with Gasteiger partial charge in [-0.2, -0.15) is 0 Å². The first-order valence-corrected chi connectivity index (χ1v) is 13.0. The molecule has 3 rings (SSSR count). The van der Waals surface area contributed by atoms with Crippen LogP contribution >= 0.6 is 0 Å². The first-order valence-electron chi connectivity index (χ1n) is 13.0. The summed E-state index contributed by atoms with van der Waals surface area (Å²) in [5, 5.41) is 20.8. The van der Waals surface area contributed by atoms with E-state index >= 15 is 0 Å². The minimum absolute atomic E-state index is 0.231. The van der Waals surface area contributed by atoms with Gasteiger partial charge < -0.3 is 10.2 Å². The Bertz CT molecular complexity index is 807. The second-order valence-corrected chi connectivity index (χ2v) is 11.0. The lowest BCUT2D eigenvalue weighted by molar-refractivity contribution is 0.0352. The van der Waals surface area contributed by atoms with E-state index in [2.05, 4.69) is 71.6 Å². The van der Waals surface area contributed by atoms with Crippen molar-refractivity contribution in [2.45, 2.75) is 104 Å². The highest BCUT2D eigenvalue weighted by Gasteiger charge is 2.45. The molecule has 0 aromatic rings. The van der Waals surface area contributed by atoms with Crippen LogP contribution in [0.15, 0.2) is 59.3 Å². The van der Waals surface area contributed by atoms with Crippen molar-refractivity contribution >= 4 is 0 Å². The second kappa shape index (κ2) is 10.3. The summed E-state index contributed by atoms with van der Waals surface area (Å²) in [5.41, 5.74) is 5.26. The van der Waals surface area contributed by atoms with Gasteiger partial charge in [0.25, 0.3) is 0 Å². The Balaban J connectivity index is 1.73. The van der Waals surface area contributed by atoms with Gasteiger partial charge in [0.15, 0.2) is 0 Å². The molecule has 0 amide bonds. The average molecular weight is 439 g/mol. The van der Waals surface area contributed by atoms with Crippen LogP contribution in [0.1, 0.15) is 92.4 Å². The van der Waals surface area contributed by atoms with Crippen molar-refractivity contribution in [1.82, 2.24) is 0 Å². The Morgan fingerprint density at radius 1 is 1.28 bits per heavy atom. The van der Waals surface area contributed by atoms with Crippen LogP contribution in [0.25, 0.3) is 0 Å². The van der Waals surface area contributed by atoms with Crippen LogP contribution in [0.4, 0.5) is 0 Å². The summed E-state index contributed by atoms with van der Waals surface area (Å²) in [4.78, 5) is 0. The molecule has 0 spiro atoms. The summed E-state index contributed by atoms with van der Waals surface area (Å²) in [6, 6.07) is 0. The fourth-order valence-electron chi connectivity index (χ4n) is 6.41. The number of hydrogen-bond acceptors (Lipinski definition) is 2. The van der Waals surface area contributed by atoms with Gasteiger partial charge in [-0.25, -0.2) is 0 Å². The quantitative estimate of drug-likeness (QED) is 0.405. The second-order valence-electron chi connectivity index (χ2n) is 11.0. The van der Waals surface area contributed by atoms with Gasteiger partial charge in [-0.15, -0.1) is 0 Å². The van der Waals surface area contributed by atoms with Gasteiger partial charge in [-0.05, 0) is 92.1 Å². The van der Waals surface area contributed by atoms with Crippen molar-refractivity contribution < 1.29 is 10.2 Å². The van der Waals surface area contributed by atoms with Crippen LogP contribution in [0, 0.1) is 23.2 Å². The predicted octanol–water partition coefficient (Wildman–Crippen LogP) is 7.46. The molecule has 0 saturated heterocycles. The van der Waals surface area contributed by atoms with Crippen molar-refractivity contribution in [2.24, 2.45) is 23.2 Å². The summed E-state index contributed by atoms with van der Waals surface area (Å²) < 4.78 is 0. The third kappa shape index (κ3) is 5.23. The van der Waals surface area contributed by atoms with Crippen molar-refractivity contribution in [3.63, 3.8) is 0 Å². The lowest BCUT2D eigenvalue weighted by Crippen LogP contribution is -2.32. The number of allylic oxidation sites excluding steroid dienone is 7. The zero-order chi connectivity index (χ0) is 23.5. The molecule has 2 fully saturated rings. The van der Waals surface area contributed by atoms with E-state index in [1.165, 1.54) is 30.4 Å². The maximum absolute atomic E-state index is 10.6. The van der Waals surface area contributed by atoms with E-state index in [1.807, 2.05) is 0 Å². The fourth-order valence-corrected chi connectivity index (χ4v) is 6.41. The Kier molecular flexibility index (Phi) is 8.10. The van der Waals surface area contributed by atoms with Crippen LogP contribution in [0.5, 0.6) is 0 Å². The standard InChI is InChI=1S/C30H46O2/c1-7-30(32,8-2)18-9-11-21(3)27-15-16-28-24(12-10-17-29(27,28)6)13-14-25-20-26(31)19-22(4)23(25)5/h9,11,13-15,21-22,26,28,31-32H,5,7-8,10,12,16-20H2,1-4,6H3/b11-9+,24-13+,25-14-. The highest BCUT2D eigenvalue weighted by Crippen LogP contribution is 2.56. The molecule has 0 radical (unpaired) electrons. The normalized spacial score (nSPS) is 34.9.